The minimum absolute atomic E-state index is 0.101. The van der Waals surface area contributed by atoms with Gasteiger partial charge in [0.2, 0.25) is 8.32 Å². The first-order chi connectivity index (χ1) is 8.48. The number of hydrogen-bond acceptors (Lipinski definition) is 4. The molecule has 4 nitrogen and oxygen atoms in total. The Morgan fingerprint density at radius 3 is 2.72 bits per heavy atom. The molecular formula is C13H20O4Si. The van der Waals surface area contributed by atoms with Crippen molar-refractivity contribution in [3.8, 4) is 17.2 Å². The molecule has 0 aliphatic heterocycles. The van der Waals surface area contributed by atoms with E-state index in [4.69, 9.17) is 13.9 Å². The molecule has 0 saturated heterocycles. The second-order valence-electron chi connectivity index (χ2n) is 4.48. The molecule has 0 spiro atoms. The summed E-state index contributed by atoms with van der Waals surface area (Å²) in [5.74, 6) is 1.16. The van der Waals surface area contributed by atoms with Gasteiger partial charge in [0.05, 0.1) is 13.7 Å². The van der Waals surface area contributed by atoms with Crippen LogP contribution in [-0.4, -0.2) is 33.4 Å². The lowest BCUT2D eigenvalue weighted by Gasteiger charge is -2.22. The smallest absolute Gasteiger partial charge is 0.225 e. The summed E-state index contributed by atoms with van der Waals surface area (Å²) in [5, 5.41) is 9.47. The molecule has 1 aromatic rings. The van der Waals surface area contributed by atoms with Gasteiger partial charge in [-0.25, -0.2) is 0 Å². The Balaban J connectivity index is 2.60. The van der Waals surface area contributed by atoms with Crippen molar-refractivity contribution in [3.05, 3.63) is 30.9 Å². The molecule has 0 radical (unpaired) electrons. The maximum Gasteiger partial charge on any atom is 0.225 e. The summed E-state index contributed by atoms with van der Waals surface area (Å²) < 4.78 is 16.4. The molecule has 0 aromatic heterocycles. The lowest BCUT2D eigenvalue weighted by Crippen LogP contribution is -2.38. The minimum atomic E-state index is -1.85. The average molecular weight is 268 g/mol. The quantitative estimate of drug-likeness (QED) is 0.610. The largest absolute Gasteiger partial charge is 0.504 e. The number of hydrogen-bond donors (Lipinski definition) is 1. The van der Waals surface area contributed by atoms with Crippen LogP contribution in [0.1, 0.15) is 0 Å². The van der Waals surface area contributed by atoms with Crippen LogP contribution in [0.15, 0.2) is 30.9 Å². The minimum Gasteiger partial charge on any atom is -0.504 e. The van der Waals surface area contributed by atoms with Gasteiger partial charge in [-0.2, -0.15) is 0 Å². The normalized spacial score (nSPS) is 11.1. The van der Waals surface area contributed by atoms with Gasteiger partial charge in [-0.1, -0.05) is 6.08 Å². The molecule has 100 valence electrons. The Hall–Kier alpha value is -1.46. The van der Waals surface area contributed by atoms with Gasteiger partial charge in [0.15, 0.2) is 11.5 Å². The predicted molar refractivity (Wildman–Crippen MR) is 73.8 cm³/mol. The molecule has 0 amide bonds. The van der Waals surface area contributed by atoms with Crippen molar-refractivity contribution in [1.82, 2.24) is 0 Å². The molecule has 0 fully saturated rings. The van der Waals surface area contributed by atoms with Crippen molar-refractivity contribution in [2.75, 3.05) is 19.9 Å². The highest BCUT2D eigenvalue weighted by molar-refractivity contribution is 6.71. The highest BCUT2D eigenvalue weighted by Crippen LogP contribution is 2.30. The van der Waals surface area contributed by atoms with Gasteiger partial charge in [0, 0.05) is 6.07 Å². The summed E-state index contributed by atoms with van der Waals surface area (Å²) in [4.78, 5) is 0. The molecule has 18 heavy (non-hydrogen) atoms. The molecule has 0 unspecified atom stereocenters. The van der Waals surface area contributed by atoms with Crippen LogP contribution in [0.4, 0.5) is 0 Å². The fourth-order valence-corrected chi connectivity index (χ4v) is 2.50. The number of aromatic hydroxyl groups is 1. The zero-order chi connectivity index (χ0) is 13.6. The lowest BCUT2D eigenvalue weighted by atomic mass is 10.3. The molecule has 1 N–H and O–H groups in total. The van der Waals surface area contributed by atoms with Gasteiger partial charge >= 0.3 is 0 Å². The first-order valence-electron chi connectivity index (χ1n) is 5.73. The van der Waals surface area contributed by atoms with Crippen molar-refractivity contribution in [3.63, 3.8) is 0 Å². The van der Waals surface area contributed by atoms with Gasteiger partial charge < -0.3 is 19.0 Å². The van der Waals surface area contributed by atoms with Crippen LogP contribution in [0.3, 0.4) is 0 Å². The third-order valence-electron chi connectivity index (χ3n) is 2.33. The van der Waals surface area contributed by atoms with Crippen LogP contribution >= 0.6 is 0 Å². The average Bonchev–Trinajstić information content (AvgIpc) is 2.35. The molecule has 0 heterocycles. The van der Waals surface area contributed by atoms with Crippen molar-refractivity contribution in [2.45, 2.75) is 13.1 Å². The van der Waals surface area contributed by atoms with E-state index in [1.807, 2.05) is 0 Å². The van der Waals surface area contributed by atoms with Crippen molar-refractivity contribution in [1.29, 1.82) is 0 Å². The van der Waals surface area contributed by atoms with E-state index in [-0.39, 0.29) is 5.75 Å². The van der Waals surface area contributed by atoms with Crippen molar-refractivity contribution in [2.24, 2.45) is 0 Å². The summed E-state index contributed by atoms with van der Waals surface area (Å²) in [6.07, 6.45) is 2.27. The van der Waals surface area contributed by atoms with E-state index >= 15 is 0 Å². The van der Waals surface area contributed by atoms with E-state index in [0.717, 1.165) is 0 Å². The summed E-state index contributed by atoms with van der Waals surface area (Å²) >= 11 is 0. The summed E-state index contributed by atoms with van der Waals surface area (Å²) in [7, 11) is -0.340. The van der Waals surface area contributed by atoms with Crippen LogP contribution in [0.25, 0.3) is 0 Å². The van der Waals surface area contributed by atoms with Crippen LogP contribution in [0.2, 0.25) is 13.1 Å². The van der Waals surface area contributed by atoms with E-state index in [0.29, 0.717) is 24.3 Å². The fourth-order valence-electron chi connectivity index (χ4n) is 1.33. The van der Waals surface area contributed by atoms with E-state index in [9.17, 15) is 5.11 Å². The maximum absolute atomic E-state index is 9.47. The van der Waals surface area contributed by atoms with E-state index in [1.165, 1.54) is 7.11 Å². The Bertz CT molecular complexity index is 404. The number of ether oxygens (including phenoxy) is 2. The molecule has 0 bridgehead atoms. The molecule has 0 atom stereocenters. The van der Waals surface area contributed by atoms with E-state index < -0.39 is 8.32 Å². The number of phenols is 1. The Morgan fingerprint density at radius 1 is 1.39 bits per heavy atom. The highest BCUT2D eigenvalue weighted by Gasteiger charge is 2.23. The number of benzene rings is 1. The maximum atomic E-state index is 9.47. The molecule has 0 saturated carbocycles. The fraction of sp³-hybridized carbons (Fsp3) is 0.385. The number of rotatable bonds is 7. The molecular weight excluding hydrogens is 248 g/mol. The standard InChI is InChI=1S/C13H20O4Si/c1-5-8-17-18(3,4)10-16-11-6-7-12(14)13(9-11)15-2/h5-7,9,14H,1,8,10H2,2-4H3. The zero-order valence-corrected chi connectivity index (χ0v) is 12.1. The predicted octanol–water partition coefficient (Wildman–Crippen LogP) is 2.73. The molecule has 1 aromatic carbocycles. The Labute approximate surface area is 109 Å². The van der Waals surface area contributed by atoms with Crippen LogP contribution in [0, 0.1) is 0 Å². The van der Waals surface area contributed by atoms with Crippen LogP contribution in [0.5, 0.6) is 17.2 Å². The third-order valence-corrected chi connectivity index (χ3v) is 4.12. The summed E-state index contributed by atoms with van der Waals surface area (Å²) in [6, 6.07) is 4.91. The molecule has 1 rings (SSSR count). The van der Waals surface area contributed by atoms with Gasteiger partial charge in [-0.05, 0) is 25.2 Å². The molecule has 5 heteroatoms. The first-order valence-corrected chi connectivity index (χ1v) is 8.85. The van der Waals surface area contributed by atoms with Gasteiger partial charge in [0.1, 0.15) is 12.0 Å². The molecule has 0 aliphatic carbocycles. The lowest BCUT2D eigenvalue weighted by molar-refractivity contribution is 0.295. The topological polar surface area (TPSA) is 47.9 Å². The van der Waals surface area contributed by atoms with E-state index in [1.54, 1.807) is 24.3 Å². The van der Waals surface area contributed by atoms with Gasteiger partial charge in [0.25, 0.3) is 0 Å². The van der Waals surface area contributed by atoms with E-state index in [2.05, 4.69) is 19.7 Å². The summed E-state index contributed by atoms with van der Waals surface area (Å²) in [6.45, 7) is 8.32. The van der Waals surface area contributed by atoms with Crippen LogP contribution < -0.4 is 9.47 Å². The summed E-state index contributed by atoms with van der Waals surface area (Å²) in [5.41, 5.74) is 0. The van der Waals surface area contributed by atoms with Crippen LogP contribution in [-0.2, 0) is 4.43 Å². The number of phenolic OH excluding ortho intramolecular Hbond substituents is 1. The van der Waals surface area contributed by atoms with Crippen molar-refractivity contribution >= 4 is 8.32 Å². The van der Waals surface area contributed by atoms with Gasteiger partial charge in [-0.15, -0.1) is 6.58 Å². The second kappa shape index (κ2) is 6.46. The zero-order valence-electron chi connectivity index (χ0n) is 11.1. The second-order valence-corrected chi connectivity index (χ2v) is 8.58. The SMILES string of the molecule is C=CCO[Si](C)(C)COc1ccc(O)c(OC)c1. The number of methoxy groups -OCH3 is 1. The monoisotopic (exact) mass is 268 g/mol. The van der Waals surface area contributed by atoms with Gasteiger partial charge in [-0.3, -0.25) is 0 Å². The third kappa shape index (κ3) is 4.42. The Kier molecular flexibility index (Phi) is 5.24. The van der Waals surface area contributed by atoms with Crippen molar-refractivity contribution < 1.29 is 19.0 Å². The highest BCUT2D eigenvalue weighted by atomic mass is 28.4. The first kappa shape index (κ1) is 14.6. The Morgan fingerprint density at radius 2 is 2.11 bits per heavy atom. The molecule has 0 aliphatic rings.